The first-order valence-corrected chi connectivity index (χ1v) is 6.07. The second-order valence-corrected chi connectivity index (χ2v) is 4.47. The third-order valence-electron chi connectivity index (χ3n) is 3.14. The van der Waals surface area contributed by atoms with Gasteiger partial charge in [0, 0.05) is 18.3 Å². The first-order valence-electron chi connectivity index (χ1n) is 6.07. The summed E-state index contributed by atoms with van der Waals surface area (Å²) >= 11 is 0. The van der Waals surface area contributed by atoms with Crippen LogP contribution in [-0.4, -0.2) is 17.4 Å². The molecular weight excluding hydrogens is 240 g/mol. The summed E-state index contributed by atoms with van der Waals surface area (Å²) in [5.41, 5.74) is 8.62. The maximum absolute atomic E-state index is 11.7. The summed E-state index contributed by atoms with van der Waals surface area (Å²) < 4.78 is 0. The molecule has 1 aliphatic rings. The van der Waals surface area contributed by atoms with Gasteiger partial charge in [-0.2, -0.15) is 0 Å². The van der Waals surface area contributed by atoms with Crippen molar-refractivity contribution in [2.75, 3.05) is 22.5 Å². The lowest BCUT2D eigenvalue weighted by Crippen LogP contribution is -2.37. The van der Waals surface area contributed by atoms with Crippen LogP contribution < -0.4 is 16.0 Å². The number of anilines is 3. The van der Waals surface area contributed by atoms with Gasteiger partial charge in [-0.1, -0.05) is 18.2 Å². The lowest BCUT2D eigenvalue weighted by molar-refractivity contribution is -0.115. The Morgan fingerprint density at radius 1 is 1.26 bits per heavy atom. The van der Waals surface area contributed by atoms with Gasteiger partial charge in [0.25, 0.3) is 0 Å². The van der Waals surface area contributed by atoms with Gasteiger partial charge in [0.1, 0.15) is 5.82 Å². The van der Waals surface area contributed by atoms with Crippen molar-refractivity contribution < 1.29 is 4.79 Å². The molecule has 1 aromatic carbocycles. The van der Waals surface area contributed by atoms with Crippen LogP contribution in [0.5, 0.6) is 0 Å². The number of nitrogens with zero attached hydrogens (tertiary/aromatic N) is 2. The maximum atomic E-state index is 11.7. The molecule has 5 heteroatoms. The highest BCUT2D eigenvalue weighted by atomic mass is 16.2. The predicted molar refractivity (Wildman–Crippen MR) is 74.8 cm³/mol. The number of pyridine rings is 1. The Balaban J connectivity index is 1.94. The van der Waals surface area contributed by atoms with Crippen LogP contribution >= 0.6 is 0 Å². The molecule has 0 radical (unpaired) electrons. The Morgan fingerprint density at radius 3 is 2.95 bits per heavy atom. The number of fused-ring (bicyclic) bond motifs is 1. The van der Waals surface area contributed by atoms with E-state index in [1.54, 1.807) is 6.20 Å². The molecule has 5 nitrogen and oxygen atoms in total. The van der Waals surface area contributed by atoms with Crippen molar-refractivity contribution in [3.05, 3.63) is 48.2 Å². The van der Waals surface area contributed by atoms with Gasteiger partial charge in [-0.15, -0.1) is 0 Å². The van der Waals surface area contributed by atoms with E-state index < -0.39 is 0 Å². The second kappa shape index (κ2) is 4.61. The molecule has 0 saturated carbocycles. The number of hydrogen-bond acceptors (Lipinski definition) is 4. The predicted octanol–water partition coefficient (Wildman–Crippen LogP) is 1.62. The Bertz CT molecular complexity index is 626. The van der Waals surface area contributed by atoms with Crippen LogP contribution in [0.1, 0.15) is 5.56 Å². The highest BCUT2D eigenvalue weighted by Gasteiger charge is 2.21. The van der Waals surface area contributed by atoms with Crippen molar-refractivity contribution in [3.8, 4) is 0 Å². The minimum absolute atomic E-state index is 0.0128. The first kappa shape index (κ1) is 11.5. The van der Waals surface area contributed by atoms with Gasteiger partial charge < -0.3 is 16.0 Å². The summed E-state index contributed by atoms with van der Waals surface area (Å²) in [6, 6.07) is 11.5. The van der Waals surface area contributed by atoms with E-state index in [-0.39, 0.29) is 5.91 Å². The van der Waals surface area contributed by atoms with Crippen molar-refractivity contribution in [1.82, 2.24) is 4.98 Å². The number of carbonyl (C=O) groups is 1. The SMILES string of the molecule is Nc1ncccc1CN1CC(=O)Nc2ccccc21. The van der Waals surface area contributed by atoms with Gasteiger partial charge in [0.05, 0.1) is 17.9 Å². The molecule has 1 aromatic heterocycles. The Morgan fingerprint density at radius 2 is 2.11 bits per heavy atom. The molecule has 2 aromatic rings. The van der Waals surface area contributed by atoms with Gasteiger partial charge in [0.2, 0.25) is 5.91 Å². The summed E-state index contributed by atoms with van der Waals surface area (Å²) in [6.07, 6.45) is 1.66. The van der Waals surface area contributed by atoms with Gasteiger partial charge in [-0.05, 0) is 18.2 Å². The number of nitrogens with one attached hydrogen (secondary N) is 1. The van der Waals surface area contributed by atoms with E-state index in [1.165, 1.54) is 0 Å². The molecule has 96 valence electrons. The lowest BCUT2D eigenvalue weighted by Gasteiger charge is -2.31. The molecule has 2 heterocycles. The summed E-state index contributed by atoms with van der Waals surface area (Å²) in [4.78, 5) is 17.8. The van der Waals surface area contributed by atoms with Gasteiger partial charge >= 0.3 is 0 Å². The number of aromatic nitrogens is 1. The number of para-hydroxylation sites is 2. The molecule has 19 heavy (non-hydrogen) atoms. The Hall–Kier alpha value is -2.56. The molecule has 0 aliphatic carbocycles. The zero-order valence-electron chi connectivity index (χ0n) is 10.3. The fraction of sp³-hybridized carbons (Fsp3) is 0.143. The minimum Gasteiger partial charge on any atom is -0.383 e. The quantitative estimate of drug-likeness (QED) is 0.854. The number of nitrogens with two attached hydrogens (primary N) is 1. The summed E-state index contributed by atoms with van der Waals surface area (Å²) in [5, 5.41) is 2.86. The van der Waals surface area contributed by atoms with E-state index in [0.717, 1.165) is 16.9 Å². The van der Waals surface area contributed by atoms with Crippen LogP contribution in [0.25, 0.3) is 0 Å². The van der Waals surface area contributed by atoms with Crippen molar-refractivity contribution in [1.29, 1.82) is 0 Å². The third-order valence-corrected chi connectivity index (χ3v) is 3.14. The minimum atomic E-state index is -0.0128. The van der Waals surface area contributed by atoms with E-state index in [2.05, 4.69) is 10.3 Å². The highest BCUT2D eigenvalue weighted by Crippen LogP contribution is 2.30. The zero-order valence-corrected chi connectivity index (χ0v) is 10.3. The first-order chi connectivity index (χ1) is 9.24. The number of nitrogen functional groups attached to an aromatic ring is 1. The number of carbonyl (C=O) groups excluding carboxylic acids is 1. The average Bonchev–Trinajstić information content (AvgIpc) is 2.41. The van der Waals surface area contributed by atoms with Gasteiger partial charge in [-0.25, -0.2) is 4.98 Å². The second-order valence-electron chi connectivity index (χ2n) is 4.47. The molecule has 0 bridgehead atoms. The molecule has 3 rings (SSSR count). The highest BCUT2D eigenvalue weighted by molar-refractivity contribution is 6.01. The molecule has 3 N–H and O–H groups in total. The molecule has 1 amide bonds. The summed E-state index contributed by atoms with van der Waals surface area (Å²) in [7, 11) is 0. The molecule has 0 spiro atoms. The molecule has 0 unspecified atom stereocenters. The van der Waals surface area contributed by atoms with E-state index >= 15 is 0 Å². The van der Waals surface area contributed by atoms with Crippen LogP contribution in [0, 0.1) is 0 Å². The van der Waals surface area contributed by atoms with Crippen molar-refractivity contribution in [2.45, 2.75) is 6.54 Å². The van der Waals surface area contributed by atoms with Crippen LogP contribution in [-0.2, 0) is 11.3 Å². The van der Waals surface area contributed by atoms with E-state index in [1.807, 2.05) is 41.3 Å². The van der Waals surface area contributed by atoms with Crippen molar-refractivity contribution in [2.24, 2.45) is 0 Å². The van der Waals surface area contributed by atoms with Crippen LogP contribution in [0.3, 0.4) is 0 Å². The normalized spacial score (nSPS) is 13.9. The fourth-order valence-corrected chi connectivity index (χ4v) is 2.23. The monoisotopic (exact) mass is 254 g/mol. The Labute approximate surface area is 111 Å². The summed E-state index contributed by atoms with van der Waals surface area (Å²) in [6.45, 7) is 0.898. The molecule has 1 aliphatic heterocycles. The smallest absolute Gasteiger partial charge is 0.243 e. The standard InChI is InChI=1S/C14H14N4O/c15-14-10(4-3-7-16-14)8-18-9-13(19)17-11-5-1-2-6-12(11)18/h1-7H,8-9H2,(H2,15,16)(H,17,19). The number of amides is 1. The summed E-state index contributed by atoms with van der Waals surface area (Å²) in [5.74, 6) is 0.493. The van der Waals surface area contributed by atoms with Gasteiger partial charge in [0.15, 0.2) is 0 Å². The lowest BCUT2D eigenvalue weighted by atomic mass is 10.1. The average molecular weight is 254 g/mol. The zero-order chi connectivity index (χ0) is 13.2. The number of hydrogen-bond donors (Lipinski definition) is 2. The molecular formula is C14H14N4O. The Kier molecular flexibility index (Phi) is 2.79. The number of rotatable bonds is 2. The van der Waals surface area contributed by atoms with Crippen LogP contribution in [0.15, 0.2) is 42.6 Å². The van der Waals surface area contributed by atoms with E-state index in [9.17, 15) is 4.79 Å². The number of benzene rings is 1. The molecule has 0 atom stereocenters. The van der Waals surface area contributed by atoms with Crippen LogP contribution in [0.2, 0.25) is 0 Å². The topological polar surface area (TPSA) is 71.2 Å². The van der Waals surface area contributed by atoms with Crippen LogP contribution in [0.4, 0.5) is 17.2 Å². The largest absolute Gasteiger partial charge is 0.383 e. The maximum Gasteiger partial charge on any atom is 0.243 e. The van der Waals surface area contributed by atoms with Gasteiger partial charge in [-0.3, -0.25) is 4.79 Å². The van der Waals surface area contributed by atoms with E-state index in [4.69, 9.17) is 5.73 Å². The molecule has 0 fully saturated rings. The molecule has 0 saturated heterocycles. The fourth-order valence-electron chi connectivity index (χ4n) is 2.23. The third kappa shape index (κ3) is 2.22. The van der Waals surface area contributed by atoms with Crippen molar-refractivity contribution in [3.63, 3.8) is 0 Å². The van der Waals surface area contributed by atoms with E-state index in [0.29, 0.717) is 18.9 Å². The van der Waals surface area contributed by atoms with Crippen molar-refractivity contribution >= 4 is 23.1 Å².